The third-order valence-electron chi connectivity index (χ3n) is 3.42. The highest BCUT2D eigenvalue weighted by Gasteiger charge is 2.23. The first kappa shape index (κ1) is 18.5. The number of rotatable bonds is 10. The SMILES string of the molecule is NCCCCC(NC(=O)c1cccnc1F)C(=O)COc1ccon1. The van der Waals surface area contributed by atoms with Crippen LogP contribution in [0.25, 0.3) is 0 Å². The highest BCUT2D eigenvalue weighted by molar-refractivity contribution is 5.98. The van der Waals surface area contributed by atoms with Crippen molar-refractivity contribution < 1.29 is 23.2 Å². The molecule has 0 saturated carbocycles. The van der Waals surface area contributed by atoms with E-state index in [2.05, 4.69) is 20.0 Å². The molecule has 8 nitrogen and oxygen atoms in total. The highest BCUT2D eigenvalue weighted by Crippen LogP contribution is 2.09. The van der Waals surface area contributed by atoms with Crippen LogP contribution in [0.4, 0.5) is 4.39 Å². The molecule has 0 aliphatic heterocycles. The van der Waals surface area contributed by atoms with Gasteiger partial charge in [-0.05, 0) is 43.1 Å². The van der Waals surface area contributed by atoms with E-state index >= 15 is 0 Å². The van der Waals surface area contributed by atoms with Crippen molar-refractivity contribution in [1.29, 1.82) is 0 Å². The number of nitrogens with one attached hydrogen (secondary N) is 1. The molecule has 0 spiro atoms. The molecule has 1 unspecified atom stereocenters. The predicted molar refractivity (Wildman–Crippen MR) is 85.4 cm³/mol. The summed E-state index contributed by atoms with van der Waals surface area (Å²) in [6, 6.07) is 3.37. The van der Waals surface area contributed by atoms with Crippen LogP contribution in [0.1, 0.15) is 29.6 Å². The maximum Gasteiger partial charge on any atom is 0.256 e. The minimum Gasteiger partial charge on any atom is -0.467 e. The summed E-state index contributed by atoms with van der Waals surface area (Å²) in [7, 11) is 0. The predicted octanol–water partition coefficient (Wildman–Crippen LogP) is 1.08. The van der Waals surface area contributed by atoms with Crippen molar-refractivity contribution >= 4 is 11.7 Å². The number of pyridine rings is 1. The van der Waals surface area contributed by atoms with E-state index in [-0.39, 0.29) is 23.8 Å². The topological polar surface area (TPSA) is 120 Å². The van der Waals surface area contributed by atoms with Crippen LogP contribution >= 0.6 is 0 Å². The summed E-state index contributed by atoms with van der Waals surface area (Å²) in [6.45, 7) is 0.178. The van der Waals surface area contributed by atoms with Crippen LogP contribution in [-0.4, -0.2) is 41.0 Å². The Morgan fingerprint density at radius 1 is 1.36 bits per heavy atom. The van der Waals surface area contributed by atoms with Crippen LogP contribution < -0.4 is 15.8 Å². The third-order valence-corrected chi connectivity index (χ3v) is 3.42. The van der Waals surface area contributed by atoms with Gasteiger partial charge < -0.3 is 20.3 Å². The Morgan fingerprint density at radius 3 is 2.88 bits per heavy atom. The number of hydrogen-bond acceptors (Lipinski definition) is 7. The first-order valence-electron chi connectivity index (χ1n) is 7.79. The molecule has 0 aromatic carbocycles. The summed E-state index contributed by atoms with van der Waals surface area (Å²) in [5.41, 5.74) is 5.23. The number of ether oxygens (including phenoxy) is 1. The molecule has 0 aliphatic rings. The van der Waals surface area contributed by atoms with Crippen LogP contribution in [0.3, 0.4) is 0 Å². The number of carbonyl (C=O) groups is 2. The van der Waals surface area contributed by atoms with Gasteiger partial charge in [0.2, 0.25) is 5.95 Å². The average molecular weight is 350 g/mol. The number of nitrogens with zero attached hydrogens (tertiary/aromatic N) is 2. The van der Waals surface area contributed by atoms with E-state index in [0.717, 1.165) is 0 Å². The van der Waals surface area contributed by atoms with E-state index in [1.807, 2.05) is 0 Å². The lowest BCUT2D eigenvalue weighted by Crippen LogP contribution is -2.43. The largest absolute Gasteiger partial charge is 0.467 e. The zero-order chi connectivity index (χ0) is 18.1. The molecule has 1 atom stereocenters. The standard InChI is InChI=1S/C16H19FN4O4/c17-15-11(4-3-8-19-15)16(23)20-12(5-1-2-7-18)13(22)10-24-14-6-9-25-21-14/h3-4,6,8-9,12H,1-2,5,7,10,18H2,(H,20,23). The maximum atomic E-state index is 13.6. The molecule has 3 N–H and O–H groups in total. The lowest BCUT2D eigenvalue weighted by atomic mass is 10.0. The summed E-state index contributed by atoms with van der Waals surface area (Å²) >= 11 is 0. The van der Waals surface area contributed by atoms with Crippen LogP contribution in [0.2, 0.25) is 0 Å². The molecule has 1 amide bonds. The van der Waals surface area contributed by atoms with Crippen LogP contribution in [-0.2, 0) is 4.79 Å². The number of ketones is 1. The van der Waals surface area contributed by atoms with E-state index < -0.39 is 17.9 Å². The summed E-state index contributed by atoms with van der Waals surface area (Å²) in [5, 5.41) is 6.06. The van der Waals surface area contributed by atoms with Gasteiger partial charge in [0, 0.05) is 12.3 Å². The monoisotopic (exact) mass is 350 g/mol. The zero-order valence-corrected chi connectivity index (χ0v) is 13.5. The van der Waals surface area contributed by atoms with Gasteiger partial charge in [-0.3, -0.25) is 9.59 Å². The van der Waals surface area contributed by atoms with Gasteiger partial charge in [-0.15, -0.1) is 0 Å². The summed E-state index contributed by atoms with van der Waals surface area (Å²) < 4.78 is 23.4. The first-order valence-corrected chi connectivity index (χ1v) is 7.79. The molecule has 134 valence electrons. The molecule has 25 heavy (non-hydrogen) atoms. The fraction of sp³-hybridized carbons (Fsp3) is 0.375. The van der Waals surface area contributed by atoms with Gasteiger partial charge in [-0.1, -0.05) is 0 Å². The van der Waals surface area contributed by atoms with E-state index in [1.54, 1.807) is 0 Å². The molecule has 2 rings (SSSR count). The molecule has 0 saturated heterocycles. The third kappa shape index (κ3) is 5.64. The maximum absolute atomic E-state index is 13.6. The van der Waals surface area contributed by atoms with Gasteiger partial charge in [-0.2, -0.15) is 4.39 Å². The Bertz CT molecular complexity index is 693. The van der Waals surface area contributed by atoms with Crippen molar-refractivity contribution in [3.8, 4) is 5.88 Å². The van der Waals surface area contributed by atoms with Gasteiger partial charge in [0.05, 0.1) is 11.6 Å². The van der Waals surface area contributed by atoms with E-state index in [9.17, 15) is 14.0 Å². The molecule has 9 heteroatoms. The normalized spacial score (nSPS) is 11.8. The summed E-state index contributed by atoms with van der Waals surface area (Å²) in [5.74, 6) is -1.80. The smallest absolute Gasteiger partial charge is 0.256 e. The van der Waals surface area contributed by atoms with Gasteiger partial charge in [-0.25, -0.2) is 4.98 Å². The van der Waals surface area contributed by atoms with Crippen LogP contribution in [0.5, 0.6) is 5.88 Å². The lowest BCUT2D eigenvalue weighted by molar-refractivity contribution is -0.123. The highest BCUT2D eigenvalue weighted by atomic mass is 19.1. The Labute approximate surface area is 143 Å². The van der Waals surface area contributed by atoms with Gasteiger partial charge in [0.15, 0.2) is 12.4 Å². The Balaban J connectivity index is 1.99. The Morgan fingerprint density at radius 2 is 2.20 bits per heavy atom. The second kappa shape index (κ2) is 9.48. The minimum atomic E-state index is -0.896. The molecule has 0 aliphatic carbocycles. The van der Waals surface area contributed by atoms with Crippen molar-refractivity contribution in [1.82, 2.24) is 15.5 Å². The first-order chi connectivity index (χ1) is 12.1. The minimum absolute atomic E-state index is 0.165. The van der Waals surface area contributed by atoms with E-state index in [4.69, 9.17) is 10.5 Å². The Hall–Kier alpha value is -2.81. The molecular formula is C16H19FN4O4. The van der Waals surface area contributed by atoms with Crippen molar-refractivity contribution in [3.63, 3.8) is 0 Å². The molecule has 2 aromatic heterocycles. The molecule has 2 heterocycles. The van der Waals surface area contributed by atoms with Gasteiger partial charge in [0.1, 0.15) is 6.26 Å². The second-order valence-corrected chi connectivity index (χ2v) is 5.24. The number of amides is 1. The van der Waals surface area contributed by atoms with E-state index in [1.165, 1.54) is 30.7 Å². The molecule has 0 radical (unpaired) electrons. The number of halogens is 1. The van der Waals surface area contributed by atoms with Gasteiger partial charge in [0.25, 0.3) is 11.8 Å². The fourth-order valence-corrected chi connectivity index (χ4v) is 2.12. The number of hydrogen-bond donors (Lipinski definition) is 2. The number of nitrogens with two attached hydrogens (primary N) is 1. The second-order valence-electron chi connectivity index (χ2n) is 5.24. The lowest BCUT2D eigenvalue weighted by Gasteiger charge is -2.17. The zero-order valence-electron chi connectivity index (χ0n) is 13.5. The van der Waals surface area contributed by atoms with Crippen molar-refractivity contribution in [2.45, 2.75) is 25.3 Å². The molecule has 2 aromatic rings. The summed E-state index contributed by atoms with van der Waals surface area (Å²) in [6.07, 6.45) is 4.25. The fourth-order valence-electron chi connectivity index (χ4n) is 2.12. The Kier molecular flexibility index (Phi) is 7.02. The number of unbranched alkanes of at least 4 members (excludes halogenated alkanes) is 1. The van der Waals surface area contributed by atoms with Crippen molar-refractivity contribution in [2.75, 3.05) is 13.2 Å². The van der Waals surface area contributed by atoms with Crippen LogP contribution in [0.15, 0.2) is 35.2 Å². The summed E-state index contributed by atoms with van der Waals surface area (Å²) in [4.78, 5) is 28.0. The van der Waals surface area contributed by atoms with Crippen molar-refractivity contribution in [2.24, 2.45) is 5.73 Å². The van der Waals surface area contributed by atoms with Crippen molar-refractivity contribution in [3.05, 3.63) is 42.2 Å². The number of carbonyl (C=O) groups excluding carboxylic acids is 2. The molecular weight excluding hydrogens is 331 g/mol. The van der Waals surface area contributed by atoms with Gasteiger partial charge >= 0.3 is 0 Å². The van der Waals surface area contributed by atoms with E-state index in [0.29, 0.717) is 25.8 Å². The average Bonchev–Trinajstić information content (AvgIpc) is 3.12. The molecule has 0 bridgehead atoms. The number of aromatic nitrogens is 2. The molecule has 0 fully saturated rings. The van der Waals surface area contributed by atoms with Crippen LogP contribution in [0, 0.1) is 5.95 Å². The quantitative estimate of drug-likeness (QED) is 0.486. The number of Topliss-reactive ketones (excluding diaryl/α,β-unsaturated/α-hetero) is 1.